The Balaban J connectivity index is 1.23. The Morgan fingerprint density at radius 1 is 0.410 bits per heavy atom. The van der Waals surface area contributed by atoms with Crippen LogP contribution < -0.4 is 0 Å². The molecule has 2 nitrogen and oxygen atoms in total. The van der Waals surface area contributed by atoms with Gasteiger partial charge in [0.1, 0.15) is 0 Å². The van der Waals surface area contributed by atoms with Crippen molar-refractivity contribution < 1.29 is 0 Å². The molecule has 0 spiro atoms. The molecule has 0 aliphatic heterocycles. The lowest BCUT2D eigenvalue weighted by atomic mass is 9.98. The predicted octanol–water partition coefficient (Wildman–Crippen LogP) is 10.2. The Hall–Kier alpha value is -4.86. The first-order chi connectivity index (χ1) is 19.3. The largest absolute Gasteiger partial charge is 0.245 e. The fraction of sp³-hybridized carbons (Fsp3) is 0. The van der Waals surface area contributed by atoms with Gasteiger partial charge < -0.3 is 0 Å². The van der Waals surface area contributed by atoms with E-state index in [0.717, 1.165) is 44.3 Å². The molecule has 8 rings (SSSR count). The van der Waals surface area contributed by atoms with Crippen molar-refractivity contribution in [1.82, 2.24) is 9.97 Å². The SMILES string of the molecule is c1ccc(-c2ccc3ccc4ccc(-c5ccc(-c6cccc7sc8ccccc8c67)cc5)nc4c3n2)cc1. The smallest absolute Gasteiger partial charge is 0.0972 e. The highest BCUT2D eigenvalue weighted by atomic mass is 32.1. The number of benzene rings is 5. The van der Waals surface area contributed by atoms with Crippen molar-refractivity contribution in [2.24, 2.45) is 0 Å². The zero-order chi connectivity index (χ0) is 25.8. The monoisotopic (exact) mass is 514 g/mol. The number of hydrogen-bond donors (Lipinski definition) is 0. The van der Waals surface area contributed by atoms with E-state index in [1.54, 1.807) is 0 Å². The average molecular weight is 515 g/mol. The van der Waals surface area contributed by atoms with Gasteiger partial charge in [-0.25, -0.2) is 9.97 Å². The minimum absolute atomic E-state index is 0.932. The second-order valence-electron chi connectivity index (χ2n) is 9.82. The average Bonchev–Trinajstić information content (AvgIpc) is 3.40. The van der Waals surface area contributed by atoms with Gasteiger partial charge in [0, 0.05) is 42.1 Å². The normalized spacial score (nSPS) is 11.6. The van der Waals surface area contributed by atoms with E-state index in [0.29, 0.717) is 0 Å². The molecule has 39 heavy (non-hydrogen) atoms. The number of thiophene rings is 1. The van der Waals surface area contributed by atoms with Crippen LogP contribution in [0, 0.1) is 0 Å². The molecule has 0 fully saturated rings. The Bertz CT molecular complexity index is 2160. The minimum atomic E-state index is 0.932. The Morgan fingerprint density at radius 2 is 0.974 bits per heavy atom. The molecule has 0 bridgehead atoms. The third-order valence-corrected chi connectivity index (χ3v) is 8.62. The van der Waals surface area contributed by atoms with Gasteiger partial charge in [0.05, 0.1) is 22.4 Å². The molecule has 0 aliphatic carbocycles. The standard InChI is InChI=1S/C36H22N2S/c1-2-7-24(8-3-1)30-21-19-26-17-18-27-20-22-31(38-36(27)35(26)37-30)25-15-13-23(14-16-25)28-10-6-12-33-34(28)29-9-4-5-11-32(29)39-33/h1-22H. The topological polar surface area (TPSA) is 25.8 Å². The maximum absolute atomic E-state index is 5.13. The molecule has 0 aliphatic rings. The predicted molar refractivity (Wildman–Crippen MR) is 166 cm³/mol. The Labute approximate surface area is 229 Å². The third-order valence-electron chi connectivity index (χ3n) is 7.48. The molecule has 0 saturated carbocycles. The van der Waals surface area contributed by atoms with Crippen LogP contribution in [0.5, 0.6) is 0 Å². The van der Waals surface area contributed by atoms with Gasteiger partial charge in [-0.05, 0) is 35.4 Å². The van der Waals surface area contributed by atoms with Gasteiger partial charge in [0.25, 0.3) is 0 Å². The highest BCUT2D eigenvalue weighted by molar-refractivity contribution is 7.25. The second-order valence-corrected chi connectivity index (χ2v) is 10.9. The number of aromatic nitrogens is 2. The molecule has 0 atom stereocenters. The van der Waals surface area contributed by atoms with Crippen LogP contribution in [0.25, 0.3) is 75.6 Å². The molecule has 3 aromatic heterocycles. The van der Waals surface area contributed by atoms with Crippen molar-refractivity contribution in [3.8, 4) is 33.6 Å². The molecule has 0 saturated heterocycles. The first kappa shape index (κ1) is 22.2. The van der Waals surface area contributed by atoms with Gasteiger partial charge in [-0.1, -0.05) is 109 Å². The van der Waals surface area contributed by atoms with Gasteiger partial charge in [-0.2, -0.15) is 0 Å². The lowest BCUT2D eigenvalue weighted by Crippen LogP contribution is -1.91. The van der Waals surface area contributed by atoms with Crippen molar-refractivity contribution in [3.05, 3.63) is 133 Å². The first-order valence-corrected chi connectivity index (χ1v) is 13.9. The van der Waals surface area contributed by atoms with Crippen LogP contribution in [-0.4, -0.2) is 9.97 Å². The molecule has 0 unspecified atom stereocenters. The van der Waals surface area contributed by atoms with E-state index in [9.17, 15) is 0 Å². The molecule has 3 heterocycles. The van der Waals surface area contributed by atoms with Crippen molar-refractivity contribution in [3.63, 3.8) is 0 Å². The maximum Gasteiger partial charge on any atom is 0.0972 e. The summed E-state index contributed by atoms with van der Waals surface area (Å²) in [6.07, 6.45) is 0. The van der Waals surface area contributed by atoms with E-state index in [-0.39, 0.29) is 0 Å². The summed E-state index contributed by atoms with van der Waals surface area (Å²) in [5, 5.41) is 4.85. The molecular weight excluding hydrogens is 492 g/mol. The van der Waals surface area contributed by atoms with Gasteiger partial charge in [0.2, 0.25) is 0 Å². The Kier molecular flexibility index (Phi) is 5.04. The number of nitrogens with zero attached hydrogens (tertiary/aromatic N) is 2. The van der Waals surface area contributed by atoms with Crippen LogP contribution in [-0.2, 0) is 0 Å². The summed E-state index contributed by atoms with van der Waals surface area (Å²) in [7, 11) is 0. The van der Waals surface area contributed by atoms with Gasteiger partial charge in [0.15, 0.2) is 0 Å². The summed E-state index contributed by atoms with van der Waals surface area (Å²) in [4.78, 5) is 10.2. The van der Waals surface area contributed by atoms with Gasteiger partial charge in [-0.3, -0.25) is 0 Å². The number of rotatable bonds is 3. The van der Waals surface area contributed by atoms with E-state index in [2.05, 4.69) is 115 Å². The second kappa shape index (κ2) is 8.87. The van der Waals surface area contributed by atoms with Gasteiger partial charge >= 0.3 is 0 Å². The molecule has 8 aromatic rings. The molecule has 0 amide bonds. The minimum Gasteiger partial charge on any atom is -0.245 e. The summed E-state index contributed by atoms with van der Waals surface area (Å²) in [6, 6.07) is 47.2. The Morgan fingerprint density at radius 3 is 1.69 bits per heavy atom. The summed E-state index contributed by atoms with van der Waals surface area (Å²) in [5.41, 5.74) is 8.47. The van der Waals surface area contributed by atoms with Crippen molar-refractivity contribution >= 4 is 53.3 Å². The van der Waals surface area contributed by atoms with E-state index < -0.39 is 0 Å². The summed E-state index contributed by atoms with van der Waals surface area (Å²) in [5.74, 6) is 0. The van der Waals surface area contributed by atoms with Crippen LogP contribution in [0.15, 0.2) is 133 Å². The zero-order valence-electron chi connectivity index (χ0n) is 21.0. The van der Waals surface area contributed by atoms with Crippen LogP contribution in [0.1, 0.15) is 0 Å². The number of pyridine rings is 2. The van der Waals surface area contributed by atoms with Crippen molar-refractivity contribution in [2.45, 2.75) is 0 Å². The van der Waals surface area contributed by atoms with Crippen LogP contribution in [0.2, 0.25) is 0 Å². The summed E-state index contributed by atoms with van der Waals surface area (Å²) < 4.78 is 2.65. The van der Waals surface area contributed by atoms with E-state index in [1.807, 2.05) is 29.5 Å². The van der Waals surface area contributed by atoms with Crippen molar-refractivity contribution in [2.75, 3.05) is 0 Å². The van der Waals surface area contributed by atoms with E-state index in [1.165, 1.54) is 31.3 Å². The lowest BCUT2D eigenvalue weighted by Gasteiger charge is -2.09. The van der Waals surface area contributed by atoms with Crippen molar-refractivity contribution in [1.29, 1.82) is 0 Å². The molecule has 0 N–H and O–H groups in total. The van der Waals surface area contributed by atoms with Gasteiger partial charge in [-0.15, -0.1) is 11.3 Å². The fourth-order valence-corrected chi connectivity index (χ4v) is 6.67. The molecule has 182 valence electrons. The van der Waals surface area contributed by atoms with Crippen LogP contribution >= 0.6 is 11.3 Å². The molecule has 3 heteroatoms. The third kappa shape index (κ3) is 3.70. The molecular formula is C36H22N2S. The summed E-state index contributed by atoms with van der Waals surface area (Å²) in [6.45, 7) is 0. The summed E-state index contributed by atoms with van der Waals surface area (Å²) >= 11 is 1.86. The number of hydrogen-bond acceptors (Lipinski definition) is 3. The van der Waals surface area contributed by atoms with E-state index >= 15 is 0 Å². The van der Waals surface area contributed by atoms with Crippen LogP contribution in [0.3, 0.4) is 0 Å². The fourth-order valence-electron chi connectivity index (χ4n) is 5.53. The quantitative estimate of drug-likeness (QED) is 0.219. The number of fused-ring (bicyclic) bond motifs is 6. The molecule has 0 radical (unpaired) electrons. The highest BCUT2D eigenvalue weighted by Gasteiger charge is 2.12. The zero-order valence-corrected chi connectivity index (χ0v) is 21.8. The molecule has 5 aromatic carbocycles. The maximum atomic E-state index is 5.13. The lowest BCUT2D eigenvalue weighted by molar-refractivity contribution is 1.36. The highest BCUT2D eigenvalue weighted by Crippen LogP contribution is 2.40. The first-order valence-electron chi connectivity index (χ1n) is 13.1. The van der Waals surface area contributed by atoms with Crippen LogP contribution in [0.4, 0.5) is 0 Å². The van der Waals surface area contributed by atoms with E-state index in [4.69, 9.17) is 9.97 Å².